The molecule has 1 heterocycles. The van der Waals surface area contributed by atoms with Crippen molar-refractivity contribution in [3.05, 3.63) is 51.5 Å². The molecule has 10 heteroatoms. The van der Waals surface area contributed by atoms with Crippen molar-refractivity contribution in [1.82, 2.24) is 20.5 Å². The molecule has 1 aromatic carbocycles. The molecule has 0 saturated carbocycles. The number of amides is 1. The summed E-state index contributed by atoms with van der Waals surface area (Å²) in [5.74, 6) is 0.541. The van der Waals surface area contributed by atoms with Crippen LogP contribution in [-0.4, -0.2) is 48.4 Å². The summed E-state index contributed by atoms with van der Waals surface area (Å²) in [6, 6.07) is 7.36. The first-order valence-corrected chi connectivity index (χ1v) is 10.5. The second-order valence-electron chi connectivity index (χ2n) is 6.40. The van der Waals surface area contributed by atoms with Crippen LogP contribution in [0.5, 0.6) is 0 Å². The number of carbonyl (C=O) groups is 1. The minimum Gasteiger partial charge on any atom is -0.356 e. The van der Waals surface area contributed by atoms with Gasteiger partial charge in [0.15, 0.2) is 11.7 Å². The van der Waals surface area contributed by atoms with Gasteiger partial charge in [-0.15, -0.1) is 11.3 Å². The van der Waals surface area contributed by atoms with E-state index < -0.39 is 11.9 Å². The topological polar surface area (TPSA) is 69.6 Å². The van der Waals surface area contributed by atoms with Gasteiger partial charge in [0.25, 0.3) is 5.91 Å². The minimum absolute atomic E-state index is 0.00727. The van der Waals surface area contributed by atoms with Gasteiger partial charge in [-0.05, 0) is 31.5 Å². The number of aromatic nitrogens is 1. The fraction of sp³-hybridized carbons (Fsp3) is 0.450. The van der Waals surface area contributed by atoms with Crippen LogP contribution in [0.25, 0.3) is 0 Å². The largest absolute Gasteiger partial charge is 0.434 e. The van der Waals surface area contributed by atoms with E-state index in [1.54, 1.807) is 24.1 Å². The molecule has 0 spiro atoms. The summed E-state index contributed by atoms with van der Waals surface area (Å²) >= 11 is 0.992. The summed E-state index contributed by atoms with van der Waals surface area (Å²) in [7, 11) is 1.62. The lowest BCUT2D eigenvalue weighted by Gasteiger charge is -2.18. The highest BCUT2D eigenvalue weighted by Crippen LogP contribution is 2.29. The van der Waals surface area contributed by atoms with Crippen molar-refractivity contribution in [3.8, 4) is 0 Å². The molecule has 2 rings (SSSR count). The summed E-state index contributed by atoms with van der Waals surface area (Å²) in [6.45, 7) is 6.12. The molecular weight excluding hydrogens is 415 g/mol. The number of nitrogens with zero attached hydrogens (tertiary/aromatic N) is 3. The molecule has 0 aliphatic heterocycles. The van der Waals surface area contributed by atoms with E-state index in [9.17, 15) is 18.0 Å². The lowest BCUT2D eigenvalue weighted by Crippen LogP contribution is -2.37. The Hall–Kier alpha value is -2.62. The summed E-state index contributed by atoms with van der Waals surface area (Å²) < 4.78 is 37.8. The van der Waals surface area contributed by atoms with Gasteiger partial charge in [0.2, 0.25) is 0 Å². The maximum atomic E-state index is 12.6. The average molecular weight is 442 g/mol. The van der Waals surface area contributed by atoms with Gasteiger partial charge >= 0.3 is 6.18 Å². The third-order valence-electron chi connectivity index (χ3n) is 4.41. The molecule has 2 aromatic rings. The van der Waals surface area contributed by atoms with E-state index in [-0.39, 0.29) is 5.91 Å². The van der Waals surface area contributed by atoms with Crippen molar-refractivity contribution in [1.29, 1.82) is 0 Å². The number of alkyl halides is 3. The number of guanidine groups is 1. The Labute approximate surface area is 178 Å². The quantitative estimate of drug-likeness (QED) is 0.486. The van der Waals surface area contributed by atoms with Gasteiger partial charge in [-0.2, -0.15) is 13.2 Å². The highest BCUT2D eigenvalue weighted by Gasteiger charge is 2.33. The molecule has 164 valence electrons. The molecular formula is C20H26F3N5OS. The maximum Gasteiger partial charge on any atom is 0.434 e. The van der Waals surface area contributed by atoms with Crippen molar-refractivity contribution >= 4 is 23.2 Å². The third kappa shape index (κ3) is 6.72. The number of hydrogen-bond acceptors (Lipinski definition) is 4. The molecule has 0 aliphatic carbocycles. The Morgan fingerprint density at radius 1 is 1.17 bits per heavy atom. The Morgan fingerprint density at radius 3 is 2.37 bits per heavy atom. The molecule has 0 fully saturated rings. The number of benzene rings is 1. The molecule has 0 radical (unpaired) electrons. The molecule has 2 N–H and O–H groups in total. The van der Waals surface area contributed by atoms with Gasteiger partial charge in [-0.3, -0.25) is 9.79 Å². The van der Waals surface area contributed by atoms with Gasteiger partial charge in [0, 0.05) is 50.6 Å². The predicted molar refractivity (Wildman–Crippen MR) is 113 cm³/mol. The van der Waals surface area contributed by atoms with Crippen LogP contribution in [0.1, 0.15) is 40.5 Å². The fourth-order valence-corrected chi connectivity index (χ4v) is 3.51. The van der Waals surface area contributed by atoms with E-state index in [1.165, 1.54) is 0 Å². The summed E-state index contributed by atoms with van der Waals surface area (Å²) in [5.41, 5.74) is 0.767. The van der Waals surface area contributed by atoms with Crippen LogP contribution in [0.3, 0.4) is 0 Å². The van der Waals surface area contributed by atoms with Gasteiger partial charge < -0.3 is 15.5 Å². The molecule has 0 atom stereocenters. The van der Waals surface area contributed by atoms with Crippen LogP contribution < -0.4 is 10.6 Å². The fourth-order valence-electron chi connectivity index (χ4n) is 2.71. The minimum atomic E-state index is -4.41. The Bertz CT molecular complexity index is 845. The summed E-state index contributed by atoms with van der Waals surface area (Å²) in [4.78, 5) is 21.8. The zero-order valence-electron chi connectivity index (χ0n) is 17.2. The number of thiazole rings is 1. The van der Waals surface area contributed by atoms with Crippen molar-refractivity contribution in [2.24, 2.45) is 4.99 Å². The number of rotatable bonds is 8. The molecule has 6 nitrogen and oxygen atoms in total. The molecule has 1 amide bonds. The number of carbonyl (C=O) groups excluding carboxylic acids is 1. The van der Waals surface area contributed by atoms with Crippen molar-refractivity contribution in [2.75, 3.05) is 26.7 Å². The van der Waals surface area contributed by atoms with E-state index in [2.05, 4.69) is 20.6 Å². The standard InChI is InChI=1S/C20H26F3N5OS/c1-4-28(5-2)18(29)15-8-6-14(7-9-15)12-26-19(24-3)25-11-10-17-27-16(13-30-17)20(21,22)23/h6-9,13H,4-5,10-12H2,1-3H3,(H2,24,25,26). The van der Waals surface area contributed by atoms with Gasteiger partial charge in [-0.25, -0.2) is 4.98 Å². The lowest BCUT2D eigenvalue weighted by atomic mass is 10.1. The Balaban J connectivity index is 1.81. The van der Waals surface area contributed by atoms with Crippen LogP contribution in [-0.2, 0) is 19.1 Å². The maximum absolute atomic E-state index is 12.6. The number of nitrogens with one attached hydrogen (secondary N) is 2. The first kappa shape index (κ1) is 23.7. The van der Waals surface area contributed by atoms with Crippen molar-refractivity contribution in [2.45, 2.75) is 33.0 Å². The van der Waals surface area contributed by atoms with Crippen LogP contribution in [0.2, 0.25) is 0 Å². The van der Waals surface area contributed by atoms with E-state index >= 15 is 0 Å². The van der Waals surface area contributed by atoms with Crippen LogP contribution in [0, 0.1) is 0 Å². The Kier molecular flexibility index (Phi) is 8.64. The van der Waals surface area contributed by atoms with E-state index in [0.29, 0.717) is 49.1 Å². The van der Waals surface area contributed by atoms with Crippen LogP contribution >= 0.6 is 11.3 Å². The second-order valence-corrected chi connectivity index (χ2v) is 7.34. The Morgan fingerprint density at radius 2 is 1.83 bits per heavy atom. The molecule has 0 unspecified atom stereocenters. The van der Waals surface area contributed by atoms with Crippen LogP contribution in [0.15, 0.2) is 34.6 Å². The van der Waals surface area contributed by atoms with Gasteiger partial charge in [0.1, 0.15) is 0 Å². The lowest BCUT2D eigenvalue weighted by molar-refractivity contribution is -0.140. The van der Waals surface area contributed by atoms with E-state index in [1.807, 2.05) is 26.0 Å². The van der Waals surface area contributed by atoms with E-state index in [0.717, 1.165) is 22.3 Å². The number of aliphatic imine (C=N–C) groups is 1. The molecule has 0 bridgehead atoms. The molecule has 30 heavy (non-hydrogen) atoms. The predicted octanol–water partition coefficient (Wildman–Crippen LogP) is 3.55. The van der Waals surface area contributed by atoms with Crippen molar-refractivity contribution < 1.29 is 18.0 Å². The number of halogens is 3. The highest BCUT2D eigenvalue weighted by molar-refractivity contribution is 7.09. The average Bonchev–Trinajstić information content (AvgIpc) is 3.21. The number of hydrogen-bond donors (Lipinski definition) is 2. The first-order chi connectivity index (χ1) is 14.3. The van der Waals surface area contributed by atoms with Gasteiger partial charge in [0.05, 0.1) is 5.01 Å². The first-order valence-electron chi connectivity index (χ1n) is 9.62. The van der Waals surface area contributed by atoms with E-state index in [4.69, 9.17) is 0 Å². The highest BCUT2D eigenvalue weighted by atomic mass is 32.1. The second kappa shape index (κ2) is 11.0. The molecule has 1 aromatic heterocycles. The molecule has 0 aliphatic rings. The zero-order chi connectivity index (χ0) is 22.1. The smallest absolute Gasteiger partial charge is 0.356 e. The van der Waals surface area contributed by atoms with Gasteiger partial charge in [-0.1, -0.05) is 12.1 Å². The molecule has 0 saturated heterocycles. The monoisotopic (exact) mass is 441 g/mol. The SMILES string of the molecule is CCN(CC)C(=O)c1ccc(CNC(=NC)NCCc2nc(C(F)(F)F)cs2)cc1. The van der Waals surface area contributed by atoms with Crippen molar-refractivity contribution in [3.63, 3.8) is 0 Å². The third-order valence-corrected chi connectivity index (χ3v) is 5.32. The zero-order valence-corrected chi connectivity index (χ0v) is 18.0. The van der Waals surface area contributed by atoms with Crippen LogP contribution in [0.4, 0.5) is 13.2 Å². The summed E-state index contributed by atoms with van der Waals surface area (Å²) in [6.07, 6.45) is -4.05. The normalized spacial score (nSPS) is 12.0. The summed E-state index contributed by atoms with van der Waals surface area (Å²) in [5, 5.41) is 7.64.